The van der Waals surface area contributed by atoms with Crippen molar-refractivity contribution >= 4 is 23.4 Å². The first-order chi connectivity index (χ1) is 18.2. The van der Waals surface area contributed by atoms with Gasteiger partial charge in [-0.15, -0.1) is 0 Å². The second-order valence-electron chi connectivity index (χ2n) is 9.56. The van der Waals surface area contributed by atoms with Crippen LogP contribution in [0.1, 0.15) is 60.8 Å². The molecule has 0 radical (unpaired) electrons. The summed E-state index contributed by atoms with van der Waals surface area (Å²) < 4.78 is 11.0. The Morgan fingerprint density at radius 2 is 1.71 bits per heavy atom. The average Bonchev–Trinajstić information content (AvgIpc) is 3.13. The second kappa shape index (κ2) is 11.3. The Balaban J connectivity index is 1.72. The van der Waals surface area contributed by atoms with Crippen molar-refractivity contribution in [3.63, 3.8) is 0 Å². The SMILES string of the molecule is CC(C)OC(=O)c1ccc(CN2C(=O)C(=O)/C(=C(/O)c3cccc(OC(C)C)c3)C2c2cccnc2)cc1. The normalized spacial score (nSPS) is 16.8. The Labute approximate surface area is 221 Å². The Morgan fingerprint density at radius 1 is 0.974 bits per heavy atom. The number of pyridine rings is 1. The summed E-state index contributed by atoms with van der Waals surface area (Å²) in [5.74, 6) is -1.72. The van der Waals surface area contributed by atoms with Crippen LogP contribution in [0.15, 0.2) is 78.6 Å². The number of hydrogen-bond acceptors (Lipinski definition) is 7. The molecule has 2 aromatic carbocycles. The number of benzene rings is 2. The lowest BCUT2D eigenvalue weighted by Crippen LogP contribution is -2.29. The molecule has 8 nitrogen and oxygen atoms in total. The van der Waals surface area contributed by atoms with Crippen LogP contribution < -0.4 is 4.74 Å². The molecule has 1 fully saturated rings. The zero-order valence-corrected chi connectivity index (χ0v) is 21.8. The third kappa shape index (κ3) is 5.75. The van der Waals surface area contributed by atoms with E-state index in [4.69, 9.17) is 9.47 Å². The van der Waals surface area contributed by atoms with E-state index in [0.29, 0.717) is 28.0 Å². The fourth-order valence-electron chi connectivity index (χ4n) is 4.30. The number of carbonyl (C=O) groups excluding carboxylic acids is 3. The van der Waals surface area contributed by atoms with E-state index in [9.17, 15) is 19.5 Å². The molecule has 1 aliphatic rings. The molecule has 1 saturated heterocycles. The van der Waals surface area contributed by atoms with Gasteiger partial charge >= 0.3 is 5.97 Å². The Bertz CT molecular complexity index is 1360. The third-order valence-corrected chi connectivity index (χ3v) is 5.90. The summed E-state index contributed by atoms with van der Waals surface area (Å²) in [6, 6.07) is 16.0. The van der Waals surface area contributed by atoms with Crippen LogP contribution in [0.4, 0.5) is 0 Å². The van der Waals surface area contributed by atoms with Crippen molar-refractivity contribution in [2.45, 2.75) is 52.5 Å². The number of nitrogens with zero attached hydrogens (tertiary/aromatic N) is 2. The molecule has 4 rings (SSSR count). The fourth-order valence-corrected chi connectivity index (χ4v) is 4.30. The second-order valence-corrected chi connectivity index (χ2v) is 9.56. The van der Waals surface area contributed by atoms with Crippen LogP contribution >= 0.6 is 0 Å². The molecule has 0 aliphatic carbocycles. The number of ketones is 1. The van der Waals surface area contributed by atoms with Gasteiger partial charge in [-0.25, -0.2) is 4.79 Å². The lowest BCUT2D eigenvalue weighted by atomic mass is 9.96. The smallest absolute Gasteiger partial charge is 0.338 e. The van der Waals surface area contributed by atoms with E-state index in [1.54, 1.807) is 86.9 Å². The molecule has 0 saturated carbocycles. The number of hydrogen-bond donors (Lipinski definition) is 1. The number of ether oxygens (including phenoxy) is 2. The molecule has 8 heteroatoms. The topological polar surface area (TPSA) is 106 Å². The highest BCUT2D eigenvalue weighted by Crippen LogP contribution is 2.40. The third-order valence-electron chi connectivity index (χ3n) is 5.90. The largest absolute Gasteiger partial charge is 0.507 e. The summed E-state index contributed by atoms with van der Waals surface area (Å²) in [5, 5.41) is 11.3. The molecule has 0 spiro atoms. The van der Waals surface area contributed by atoms with Gasteiger partial charge in [-0.05, 0) is 69.2 Å². The van der Waals surface area contributed by atoms with Crippen LogP contribution in [0.3, 0.4) is 0 Å². The van der Waals surface area contributed by atoms with Gasteiger partial charge in [0.25, 0.3) is 11.7 Å². The number of likely N-dealkylation sites (tertiary alicyclic amines) is 1. The lowest BCUT2D eigenvalue weighted by Gasteiger charge is -2.25. The van der Waals surface area contributed by atoms with Crippen LogP contribution in [-0.4, -0.2) is 44.9 Å². The van der Waals surface area contributed by atoms with E-state index < -0.39 is 23.7 Å². The number of esters is 1. The van der Waals surface area contributed by atoms with Crippen LogP contribution in [-0.2, 0) is 20.9 Å². The van der Waals surface area contributed by atoms with Gasteiger partial charge in [-0.2, -0.15) is 0 Å². The van der Waals surface area contributed by atoms with Crippen LogP contribution in [0.2, 0.25) is 0 Å². The minimum atomic E-state index is -0.857. The van der Waals surface area contributed by atoms with Gasteiger partial charge in [-0.3, -0.25) is 14.6 Å². The average molecular weight is 515 g/mol. The van der Waals surface area contributed by atoms with Crippen molar-refractivity contribution in [3.8, 4) is 5.75 Å². The minimum absolute atomic E-state index is 0.0261. The molecular weight excluding hydrogens is 484 g/mol. The molecule has 1 aliphatic heterocycles. The van der Waals surface area contributed by atoms with Crippen molar-refractivity contribution in [1.29, 1.82) is 0 Å². The van der Waals surface area contributed by atoms with Crippen molar-refractivity contribution < 1.29 is 29.0 Å². The lowest BCUT2D eigenvalue weighted by molar-refractivity contribution is -0.140. The molecule has 3 aromatic rings. The first kappa shape index (κ1) is 26.6. The molecule has 196 valence electrons. The van der Waals surface area contributed by atoms with E-state index in [0.717, 1.165) is 0 Å². The highest BCUT2D eigenvalue weighted by molar-refractivity contribution is 6.46. The summed E-state index contributed by atoms with van der Waals surface area (Å²) in [7, 11) is 0. The predicted octanol–water partition coefficient (Wildman–Crippen LogP) is 5.06. The maximum Gasteiger partial charge on any atom is 0.338 e. The number of amides is 1. The van der Waals surface area contributed by atoms with Crippen LogP contribution in [0.5, 0.6) is 5.75 Å². The van der Waals surface area contributed by atoms with E-state index >= 15 is 0 Å². The number of Topliss-reactive ketones (excluding diaryl/α,β-unsaturated/α-hetero) is 1. The number of carbonyl (C=O) groups is 3. The number of rotatable bonds is 8. The highest BCUT2D eigenvalue weighted by Gasteiger charge is 2.46. The van der Waals surface area contributed by atoms with Crippen molar-refractivity contribution in [2.24, 2.45) is 0 Å². The van der Waals surface area contributed by atoms with Gasteiger partial charge in [0.15, 0.2) is 0 Å². The van der Waals surface area contributed by atoms with Gasteiger partial charge < -0.3 is 19.5 Å². The molecule has 1 atom stereocenters. The first-order valence-corrected chi connectivity index (χ1v) is 12.4. The summed E-state index contributed by atoms with van der Waals surface area (Å²) in [6.07, 6.45) is 2.84. The highest BCUT2D eigenvalue weighted by atomic mass is 16.5. The standard InChI is InChI=1S/C30H30N2O6/c1-18(2)37-24-9-5-7-22(15-24)27(33)25-26(23-8-6-14-31-16-23)32(29(35)28(25)34)17-20-10-12-21(13-11-20)30(36)38-19(3)4/h5-16,18-19,26,33H,17H2,1-4H3/b27-25+. The van der Waals surface area contributed by atoms with Crippen LogP contribution in [0.25, 0.3) is 5.76 Å². The number of aliphatic hydroxyl groups is 1. The maximum atomic E-state index is 13.3. The quantitative estimate of drug-likeness (QED) is 0.194. The van der Waals surface area contributed by atoms with Gasteiger partial charge in [-0.1, -0.05) is 30.3 Å². The summed E-state index contributed by atoms with van der Waals surface area (Å²) in [5.41, 5.74) is 2.01. The predicted molar refractivity (Wildman–Crippen MR) is 141 cm³/mol. The molecule has 0 bridgehead atoms. The van der Waals surface area contributed by atoms with Crippen molar-refractivity contribution in [3.05, 3.63) is 101 Å². The number of aromatic nitrogens is 1. The summed E-state index contributed by atoms with van der Waals surface area (Å²) in [6.45, 7) is 7.40. The Morgan fingerprint density at radius 3 is 2.34 bits per heavy atom. The minimum Gasteiger partial charge on any atom is -0.507 e. The van der Waals surface area contributed by atoms with Gasteiger partial charge in [0.1, 0.15) is 11.5 Å². The van der Waals surface area contributed by atoms with Crippen LogP contribution in [0, 0.1) is 0 Å². The van der Waals surface area contributed by atoms with Gasteiger partial charge in [0, 0.05) is 24.5 Å². The molecule has 1 N–H and O–H groups in total. The molecule has 2 heterocycles. The van der Waals surface area contributed by atoms with E-state index in [-0.39, 0.29) is 30.1 Å². The van der Waals surface area contributed by atoms with Crippen molar-refractivity contribution in [2.75, 3.05) is 0 Å². The van der Waals surface area contributed by atoms with Gasteiger partial charge in [0.05, 0.1) is 29.4 Å². The molecule has 38 heavy (non-hydrogen) atoms. The zero-order valence-electron chi connectivity index (χ0n) is 21.8. The Hall–Kier alpha value is -4.46. The molecular formula is C30H30N2O6. The van der Waals surface area contributed by atoms with Gasteiger partial charge in [0.2, 0.25) is 0 Å². The Kier molecular flexibility index (Phi) is 7.90. The monoisotopic (exact) mass is 514 g/mol. The summed E-state index contributed by atoms with van der Waals surface area (Å²) in [4.78, 5) is 44.3. The van der Waals surface area contributed by atoms with E-state index in [1.165, 1.54) is 4.90 Å². The van der Waals surface area contributed by atoms with E-state index in [1.807, 2.05) is 13.8 Å². The zero-order chi connectivity index (χ0) is 27.4. The fraction of sp³-hybridized carbons (Fsp3) is 0.267. The van der Waals surface area contributed by atoms with Crippen molar-refractivity contribution in [1.82, 2.24) is 9.88 Å². The molecule has 1 amide bonds. The maximum absolute atomic E-state index is 13.3. The molecule has 1 unspecified atom stereocenters. The number of aliphatic hydroxyl groups excluding tert-OH is 1. The summed E-state index contributed by atoms with van der Waals surface area (Å²) >= 11 is 0. The molecule has 1 aromatic heterocycles. The first-order valence-electron chi connectivity index (χ1n) is 12.4. The van der Waals surface area contributed by atoms with E-state index in [2.05, 4.69) is 4.98 Å².